The summed E-state index contributed by atoms with van der Waals surface area (Å²) in [5, 5.41) is 2.10. The molecule has 0 saturated heterocycles. The molecule has 0 aromatic carbocycles. The minimum atomic E-state index is 1.18. The van der Waals surface area contributed by atoms with Crippen LogP contribution >= 0.6 is 0 Å². The van der Waals surface area contributed by atoms with Crippen LogP contribution in [0.5, 0.6) is 0 Å². The molecule has 1 heterocycles. The Bertz CT molecular complexity index is 61.7. The van der Waals surface area contributed by atoms with E-state index in [1.54, 1.807) is 0 Å². The van der Waals surface area contributed by atoms with Gasteiger partial charge in [0.25, 0.3) is 0 Å². The van der Waals surface area contributed by atoms with Crippen LogP contribution < -0.4 is 0 Å². The number of hydrogen-bond acceptors (Lipinski definition) is 0. The smallest absolute Gasteiger partial charge is 0.0210 e. The molecule has 0 aromatic rings. The summed E-state index contributed by atoms with van der Waals surface area (Å²) in [7, 11) is 0. The maximum atomic E-state index is 2.14. The van der Waals surface area contributed by atoms with Crippen molar-refractivity contribution in [2.45, 2.75) is 0 Å². The Morgan fingerprint density at radius 1 is 1.60 bits per heavy atom. The number of hydrogen-bond donors (Lipinski definition) is 0. The Kier molecular flexibility index (Phi) is 0.799. The zero-order chi connectivity index (χ0) is 3.54. The van der Waals surface area contributed by atoms with Crippen molar-refractivity contribution in [3.8, 4) is 0 Å². The van der Waals surface area contributed by atoms with Gasteiger partial charge in [-0.05, 0) is 12.2 Å². The van der Waals surface area contributed by atoms with E-state index in [4.69, 9.17) is 0 Å². The van der Waals surface area contributed by atoms with Gasteiger partial charge in [-0.1, -0.05) is 0 Å². The van der Waals surface area contributed by atoms with E-state index in [-0.39, 0.29) is 0 Å². The van der Waals surface area contributed by atoms with Crippen LogP contribution in [0.4, 0.5) is 0 Å². The van der Waals surface area contributed by atoms with Crippen molar-refractivity contribution >= 4 is 16.7 Å². The van der Waals surface area contributed by atoms with Crippen molar-refractivity contribution in [1.82, 2.24) is 0 Å². The molecule has 0 amide bonds. The molecule has 0 fully saturated rings. The van der Waals surface area contributed by atoms with E-state index in [2.05, 4.69) is 17.5 Å². The summed E-state index contributed by atoms with van der Waals surface area (Å²) in [6, 6.07) is 0. The number of rotatable bonds is 0. The van der Waals surface area contributed by atoms with Crippen LogP contribution in [0.15, 0.2) is 12.2 Å². The van der Waals surface area contributed by atoms with E-state index in [9.17, 15) is 0 Å². The summed E-state index contributed by atoms with van der Waals surface area (Å²) < 4.78 is 0. The molecule has 1 aliphatic heterocycles. The first-order valence-electron chi connectivity index (χ1n) is 1.60. The van der Waals surface area contributed by atoms with Crippen LogP contribution in [-0.4, -0.2) is 11.1 Å². The average Bonchev–Trinajstić information content (AvgIpc) is 1.76. The lowest BCUT2D eigenvalue weighted by Gasteiger charge is -1.41. The molecule has 0 saturated carbocycles. The topological polar surface area (TPSA) is 0 Å². The van der Waals surface area contributed by atoms with Crippen molar-refractivity contribution in [1.29, 1.82) is 0 Å². The predicted molar refractivity (Wildman–Crippen MR) is 27.4 cm³/mol. The highest BCUT2D eigenvalue weighted by Crippen LogP contribution is 1.75. The van der Waals surface area contributed by atoms with Crippen LogP contribution in [0, 0.1) is 0 Å². The van der Waals surface area contributed by atoms with Gasteiger partial charge in [-0.25, -0.2) is 0 Å². The van der Waals surface area contributed by atoms with Crippen LogP contribution in [-0.2, 0) is 11.4 Å². The van der Waals surface area contributed by atoms with Crippen molar-refractivity contribution in [3.63, 3.8) is 0 Å². The summed E-state index contributed by atoms with van der Waals surface area (Å²) in [5.41, 5.74) is 0. The van der Waals surface area contributed by atoms with Gasteiger partial charge in [-0.3, -0.25) is 0 Å². The summed E-state index contributed by atoms with van der Waals surface area (Å²) in [6.07, 6.45) is 4.22. The molecule has 5 heavy (non-hydrogen) atoms. The Hall–Kier alpha value is -0.170. The first-order valence-corrected chi connectivity index (χ1v) is 2.65. The lowest BCUT2D eigenvalue weighted by Crippen LogP contribution is -1.60. The van der Waals surface area contributed by atoms with E-state index in [0.29, 0.717) is 0 Å². The molecule has 0 radical (unpaired) electrons. The van der Waals surface area contributed by atoms with Crippen LogP contribution in [0.1, 0.15) is 0 Å². The SMILES string of the molecule is C1=CC[S+]=C1. The molecule has 1 aliphatic rings. The maximum Gasteiger partial charge on any atom is 0.194 e. The average molecular weight is 85.2 g/mol. The molecule has 0 N–H and O–H groups in total. The van der Waals surface area contributed by atoms with Crippen molar-refractivity contribution in [3.05, 3.63) is 12.2 Å². The Balaban J connectivity index is 2.61. The van der Waals surface area contributed by atoms with E-state index >= 15 is 0 Å². The van der Waals surface area contributed by atoms with Crippen molar-refractivity contribution in [2.24, 2.45) is 0 Å². The second-order valence-electron chi connectivity index (χ2n) is 0.898. The van der Waals surface area contributed by atoms with Gasteiger partial charge in [-0.15, -0.1) is 0 Å². The molecular formula is C4H5S+. The first-order chi connectivity index (χ1) is 2.50. The van der Waals surface area contributed by atoms with Gasteiger partial charge in [0, 0.05) is 0 Å². The normalized spacial score (nSPS) is 17.6. The van der Waals surface area contributed by atoms with Gasteiger partial charge in [0.1, 0.15) is 0 Å². The summed E-state index contributed by atoms with van der Waals surface area (Å²) in [4.78, 5) is 0. The van der Waals surface area contributed by atoms with E-state index < -0.39 is 0 Å². The molecule has 0 unspecified atom stereocenters. The van der Waals surface area contributed by atoms with Gasteiger partial charge in [0.05, 0.1) is 0 Å². The molecular weight excluding hydrogens is 80.1 g/mol. The third-order valence-corrected chi connectivity index (χ3v) is 1.24. The van der Waals surface area contributed by atoms with Crippen molar-refractivity contribution in [2.75, 3.05) is 5.75 Å². The molecule has 0 nitrogen and oxygen atoms in total. The van der Waals surface area contributed by atoms with Gasteiger partial charge in [-0.2, -0.15) is 0 Å². The van der Waals surface area contributed by atoms with Crippen LogP contribution in [0.2, 0.25) is 0 Å². The van der Waals surface area contributed by atoms with Gasteiger partial charge in [0.15, 0.2) is 22.5 Å². The van der Waals surface area contributed by atoms with Crippen LogP contribution in [0.25, 0.3) is 0 Å². The standard InChI is InChI=1S/C4H5S/c1-2-4-5-3-1/h1-3H,4H2/q+1. The third-order valence-electron chi connectivity index (χ3n) is 0.503. The van der Waals surface area contributed by atoms with E-state index in [0.717, 1.165) is 0 Å². The number of allylic oxidation sites excluding steroid dienone is 1. The highest BCUT2D eigenvalue weighted by Gasteiger charge is 1.89. The molecule has 0 spiro atoms. The molecule has 1 heteroatoms. The van der Waals surface area contributed by atoms with E-state index in [1.807, 2.05) is 11.4 Å². The predicted octanol–water partition coefficient (Wildman–Crippen LogP) is 0.441. The molecule has 1 rings (SSSR count). The summed E-state index contributed by atoms with van der Waals surface area (Å²) >= 11 is 1.84. The summed E-state index contributed by atoms with van der Waals surface area (Å²) in [6.45, 7) is 0. The zero-order valence-electron chi connectivity index (χ0n) is 2.85. The van der Waals surface area contributed by atoms with Crippen molar-refractivity contribution < 1.29 is 0 Å². The quantitative estimate of drug-likeness (QED) is 0.296. The third kappa shape index (κ3) is 0.550. The Morgan fingerprint density at radius 3 is 2.80 bits per heavy atom. The molecule has 0 aromatic heterocycles. The van der Waals surface area contributed by atoms with Crippen LogP contribution in [0.3, 0.4) is 0 Å². The zero-order valence-corrected chi connectivity index (χ0v) is 3.66. The molecule has 26 valence electrons. The van der Waals surface area contributed by atoms with E-state index in [1.165, 1.54) is 5.75 Å². The fraction of sp³-hybridized carbons (Fsp3) is 0.250. The second kappa shape index (κ2) is 1.31. The Labute approximate surface area is 35.5 Å². The largest absolute Gasteiger partial charge is 0.194 e. The second-order valence-corrected chi connectivity index (χ2v) is 1.84. The van der Waals surface area contributed by atoms with Gasteiger partial charge in [0.2, 0.25) is 0 Å². The fourth-order valence-corrected chi connectivity index (χ4v) is 0.833. The lowest BCUT2D eigenvalue weighted by atomic mass is 10.6. The molecule has 0 atom stereocenters. The fourth-order valence-electron chi connectivity index (χ4n) is 0.278. The van der Waals surface area contributed by atoms with Gasteiger partial charge >= 0.3 is 0 Å². The minimum absolute atomic E-state index is 1.18. The maximum absolute atomic E-state index is 2.14. The van der Waals surface area contributed by atoms with Gasteiger partial charge < -0.3 is 0 Å². The summed E-state index contributed by atoms with van der Waals surface area (Å²) in [5.74, 6) is 1.18. The minimum Gasteiger partial charge on any atom is -0.0210 e. The monoisotopic (exact) mass is 85.0 g/mol. The Morgan fingerprint density at radius 2 is 2.60 bits per heavy atom. The lowest BCUT2D eigenvalue weighted by molar-refractivity contribution is 1.83. The first kappa shape index (κ1) is 3.04. The highest BCUT2D eigenvalue weighted by atomic mass is 32.1. The highest BCUT2D eigenvalue weighted by molar-refractivity contribution is 7.78. The molecule has 0 aliphatic carbocycles. The molecule has 0 bridgehead atoms.